The third-order valence-corrected chi connectivity index (χ3v) is 4.10. The molecule has 2 N–H and O–H groups in total. The molecule has 0 fully saturated rings. The molecule has 1 heteroatoms. The van der Waals surface area contributed by atoms with Gasteiger partial charge in [0.1, 0.15) is 0 Å². The number of hydrogen-bond acceptors (Lipinski definition) is 1. The molecular weight excluding hydrogens is 218 g/mol. The molecule has 3 rings (SSSR count). The highest BCUT2D eigenvalue weighted by Gasteiger charge is 2.18. The summed E-state index contributed by atoms with van der Waals surface area (Å²) in [6.45, 7) is 2.34. The maximum atomic E-state index is 4.50. The molecule has 18 heavy (non-hydrogen) atoms. The number of aryl methyl sites for hydroxylation is 1. The van der Waals surface area contributed by atoms with Crippen LogP contribution in [0.5, 0.6) is 0 Å². The molecule has 0 amide bonds. The van der Waals surface area contributed by atoms with Crippen LogP contribution in [-0.4, -0.2) is 7.05 Å². The van der Waals surface area contributed by atoms with Gasteiger partial charge in [-0.05, 0) is 73.8 Å². The van der Waals surface area contributed by atoms with Crippen LogP contribution in [0.2, 0.25) is 0 Å². The van der Waals surface area contributed by atoms with E-state index in [9.17, 15) is 0 Å². The van der Waals surface area contributed by atoms with Gasteiger partial charge in [-0.1, -0.05) is 31.2 Å². The molecule has 1 unspecified atom stereocenters. The van der Waals surface area contributed by atoms with Gasteiger partial charge in [0.15, 0.2) is 0 Å². The molecule has 1 aromatic rings. The summed E-state index contributed by atoms with van der Waals surface area (Å²) in [5.41, 5.74) is 11.0. The predicted octanol–water partition coefficient (Wildman–Crippen LogP) is 3.95. The quantitative estimate of drug-likeness (QED) is 0.794. The van der Waals surface area contributed by atoms with Crippen molar-refractivity contribution in [2.24, 2.45) is 11.7 Å². The Morgan fingerprint density at radius 2 is 1.83 bits per heavy atom. The van der Waals surface area contributed by atoms with Crippen LogP contribution in [-0.2, 0) is 12.8 Å². The summed E-state index contributed by atoms with van der Waals surface area (Å²) < 4.78 is 0. The van der Waals surface area contributed by atoms with Gasteiger partial charge in [0.05, 0.1) is 0 Å². The van der Waals surface area contributed by atoms with Crippen molar-refractivity contribution in [3.63, 3.8) is 0 Å². The largest absolute Gasteiger partial charge is 0.333 e. The Hall–Kier alpha value is -1.08. The molecule has 0 radical (unpaired) electrons. The second kappa shape index (κ2) is 6.19. The molecule has 2 aliphatic carbocycles. The minimum Gasteiger partial charge on any atom is -0.333 e. The molecule has 0 bridgehead atoms. The molecule has 0 heterocycles. The summed E-state index contributed by atoms with van der Waals surface area (Å²) in [6.07, 6.45) is 10.5. The van der Waals surface area contributed by atoms with Crippen molar-refractivity contribution in [2.75, 3.05) is 7.05 Å². The highest BCUT2D eigenvalue weighted by atomic mass is 14.4. The van der Waals surface area contributed by atoms with E-state index in [2.05, 4.69) is 36.9 Å². The van der Waals surface area contributed by atoms with Crippen molar-refractivity contribution in [3.8, 4) is 0 Å². The Kier molecular flexibility index (Phi) is 4.60. The minimum atomic E-state index is 0.787. The fraction of sp³-hybridized carbons (Fsp3) is 0.529. The summed E-state index contributed by atoms with van der Waals surface area (Å²) in [7, 11) is 1.50. The van der Waals surface area contributed by atoms with Gasteiger partial charge < -0.3 is 5.73 Å². The van der Waals surface area contributed by atoms with Crippen molar-refractivity contribution < 1.29 is 0 Å². The maximum absolute atomic E-state index is 4.50. The zero-order valence-electron chi connectivity index (χ0n) is 11.7. The van der Waals surface area contributed by atoms with Gasteiger partial charge in [-0.15, -0.1) is 0 Å². The van der Waals surface area contributed by atoms with Gasteiger partial charge in [0.2, 0.25) is 0 Å². The smallest absolute Gasteiger partial charge is 0.0193 e. The average molecular weight is 243 g/mol. The Morgan fingerprint density at radius 1 is 1.06 bits per heavy atom. The van der Waals surface area contributed by atoms with Gasteiger partial charge in [0.25, 0.3) is 0 Å². The van der Waals surface area contributed by atoms with Crippen LogP contribution in [0.3, 0.4) is 0 Å². The standard InChI is InChI=1S/C16H20.CH5N/c1-12-9-10-14(11-12)16-8-4-6-13-5-2-3-7-15(13)16;1-2/h4,6,8,11-12H,2-3,5,7,9-10H2,1H3;2H2,1H3. The van der Waals surface area contributed by atoms with Crippen molar-refractivity contribution in [1.29, 1.82) is 0 Å². The van der Waals surface area contributed by atoms with Gasteiger partial charge in [-0.3, -0.25) is 0 Å². The molecule has 1 nitrogen and oxygen atoms in total. The molecule has 98 valence electrons. The highest BCUT2D eigenvalue weighted by Crippen LogP contribution is 2.36. The zero-order valence-corrected chi connectivity index (χ0v) is 11.7. The first-order valence-electron chi connectivity index (χ1n) is 7.24. The van der Waals surface area contributed by atoms with E-state index in [0.717, 1.165) is 5.92 Å². The molecule has 0 saturated carbocycles. The van der Waals surface area contributed by atoms with Crippen LogP contribution < -0.4 is 5.73 Å². The predicted molar refractivity (Wildman–Crippen MR) is 79.6 cm³/mol. The average Bonchev–Trinajstić information content (AvgIpc) is 2.87. The number of fused-ring (bicyclic) bond motifs is 1. The van der Waals surface area contributed by atoms with E-state index < -0.39 is 0 Å². The summed E-state index contributed by atoms with van der Waals surface area (Å²) in [5, 5.41) is 0. The lowest BCUT2D eigenvalue weighted by atomic mass is 9.85. The fourth-order valence-corrected chi connectivity index (χ4v) is 3.20. The molecular formula is C17H25N. The first kappa shape index (κ1) is 13.4. The summed E-state index contributed by atoms with van der Waals surface area (Å²) >= 11 is 0. The minimum absolute atomic E-state index is 0.787. The normalized spacial score (nSPS) is 21.7. The molecule has 0 aromatic heterocycles. The van der Waals surface area contributed by atoms with Gasteiger partial charge in [-0.25, -0.2) is 0 Å². The van der Waals surface area contributed by atoms with Gasteiger partial charge in [-0.2, -0.15) is 0 Å². The number of rotatable bonds is 1. The Labute approximate surface area is 111 Å². The molecule has 0 aliphatic heterocycles. The number of nitrogens with two attached hydrogens (primary N) is 1. The molecule has 0 saturated heterocycles. The summed E-state index contributed by atoms with van der Waals surface area (Å²) in [4.78, 5) is 0. The van der Waals surface area contributed by atoms with Crippen LogP contribution in [0, 0.1) is 5.92 Å². The topological polar surface area (TPSA) is 26.0 Å². The second-order valence-corrected chi connectivity index (χ2v) is 5.36. The SMILES string of the molecule is CC1C=C(c2cccc3c2CCCC3)CC1.CN. The zero-order chi connectivity index (χ0) is 13.0. The third kappa shape index (κ3) is 2.67. The van der Waals surface area contributed by atoms with Crippen molar-refractivity contribution in [3.05, 3.63) is 41.0 Å². The van der Waals surface area contributed by atoms with Crippen LogP contribution >= 0.6 is 0 Å². The lowest BCUT2D eigenvalue weighted by molar-refractivity contribution is 0.683. The lowest BCUT2D eigenvalue weighted by Gasteiger charge is -2.19. The highest BCUT2D eigenvalue weighted by molar-refractivity contribution is 5.71. The Balaban J connectivity index is 0.000000574. The third-order valence-electron chi connectivity index (χ3n) is 4.10. The van der Waals surface area contributed by atoms with E-state index in [1.807, 2.05) is 0 Å². The van der Waals surface area contributed by atoms with Crippen LogP contribution in [0.1, 0.15) is 49.3 Å². The van der Waals surface area contributed by atoms with E-state index in [4.69, 9.17) is 0 Å². The van der Waals surface area contributed by atoms with Gasteiger partial charge in [0, 0.05) is 0 Å². The van der Waals surface area contributed by atoms with Crippen LogP contribution in [0.15, 0.2) is 24.3 Å². The van der Waals surface area contributed by atoms with Crippen molar-refractivity contribution in [1.82, 2.24) is 0 Å². The maximum Gasteiger partial charge on any atom is -0.0193 e. The summed E-state index contributed by atoms with van der Waals surface area (Å²) in [5.74, 6) is 0.787. The van der Waals surface area contributed by atoms with E-state index in [0.29, 0.717) is 0 Å². The molecule has 0 spiro atoms. The second-order valence-electron chi connectivity index (χ2n) is 5.36. The summed E-state index contributed by atoms with van der Waals surface area (Å²) in [6, 6.07) is 6.92. The molecule has 2 aliphatic rings. The van der Waals surface area contributed by atoms with Crippen LogP contribution in [0.4, 0.5) is 0 Å². The van der Waals surface area contributed by atoms with Gasteiger partial charge >= 0.3 is 0 Å². The number of benzene rings is 1. The van der Waals surface area contributed by atoms with E-state index in [1.165, 1.54) is 45.6 Å². The van der Waals surface area contributed by atoms with Crippen molar-refractivity contribution in [2.45, 2.75) is 45.4 Å². The van der Waals surface area contributed by atoms with E-state index >= 15 is 0 Å². The monoisotopic (exact) mass is 243 g/mol. The fourth-order valence-electron chi connectivity index (χ4n) is 3.20. The number of allylic oxidation sites excluding steroid dienone is 2. The Morgan fingerprint density at radius 3 is 2.56 bits per heavy atom. The van der Waals surface area contributed by atoms with E-state index in [-0.39, 0.29) is 0 Å². The molecule has 1 aromatic carbocycles. The molecule has 1 atom stereocenters. The van der Waals surface area contributed by atoms with E-state index in [1.54, 1.807) is 22.3 Å². The van der Waals surface area contributed by atoms with Crippen molar-refractivity contribution >= 4 is 5.57 Å². The van der Waals surface area contributed by atoms with Crippen LogP contribution in [0.25, 0.3) is 5.57 Å². The first-order chi connectivity index (χ1) is 8.84. The number of hydrogen-bond donors (Lipinski definition) is 1. The Bertz CT molecular complexity index is 431. The lowest BCUT2D eigenvalue weighted by Crippen LogP contribution is -2.05. The first-order valence-corrected chi connectivity index (χ1v) is 7.24.